The first-order chi connectivity index (χ1) is 17.0. The number of aromatic nitrogens is 6. The number of hydrogen-bond acceptors (Lipinski definition) is 10. The third-order valence-electron chi connectivity index (χ3n) is 5.98. The van der Waals surface area contributed by atoms with E-state index in [0.29, 0.717) is 22.5 Å². The number of nitrogens with zero attached hydrogens (tertiary/aromatic N) is 8. The highest BCUT2D eigenvalue weighted by Gasteiger charge is 2.22. The van der Waals surface area contributed by atoms with Gasteiger partial charge in [-0.3, -0.25) is 4.79 Å². The SMILES string of the molecule is COc1ncncc1N1CCN(c2cnn(Cc3c(-c4ccc(Cl)nc4)noc3C)c(=O)c2)CC1. The van der Waals surface area contributed by atoms with Crippen molar-refractivity contribution in [2.24, 2.45) is 0 Å². The summed E-state index contributed by atoms with van der Waals surface area (Å²) in [5.41, 5.74) is 3.57. The highest BCUT2D eigenvalue weighted by molar-refractivity contribution is 6.29. The number of piperazine rings is 1. The molecule has 0 radical (unpaired) electrons. The zero-order valence-electron chi connectivity index (χ0n) is 19.3. The van der Waals surface area contributed by atoms with Crippen LogP contribution in [0, 0.1) is 6.92 Å². The maximum absolute atomic E-state index is 12.9. The molecular weight excluding hydrogens is 472 g/mol. The van der Waals surface area contributed by atoms with Gasteiger partial charge in [-0.2, -0.15) is 5.10 Å². The van der Waals surface area contributed by atoms with E-state index in [1.54, 1.807) is 44.8 Å². The monoisotopic (exact) mass is 494 g/mol. The molecule has 0 atom stereocenters. The summed E-state index contributed by atoms with van der Waals surface area (Å²) in [6.07, 6.45) is 6.57. The van der Waals surface area contributed by atoms with Crippen molar-refractivity contribution in [3.8, 4) is 17.1 Å². The van der Waals surface area contributed by atoms with Gasteiger partial charge < -0.3 is 19.1 Å². The summed E-state index contributed by atoms with van der Waals surface area (Å²) < 4.78 is 12.1. The fourth-order valence-corrected chi connectivity index (χ4v) is 4.19. The molecule has 4 aromatic heterocycles. The van der Waals surface area contributed by atoms with Crippen molar-refractivity contribution >= 4 is 23.0 Å². The Bertz CT molecular complexity index is 1380. The van der Waals surface area contributed by atoms with Crippen LogP contribution in [-0.4, -0.2) is 63.2 Å². The molecule has 1 fully saturated rings. The summed E-state index contributed by atoms with van der Waals surface area (Å²) in [5.74, 6) is 1.17. The van der Waals surface area contributed by atoms with E-state index in [1.165, 1.54) is 11.0 Å². The van der Waals surface area contributed by atoms with Gasteiger partial charge in [-0.15, -0.1) is 0 Å². The Balaban J connectivity index is 1.30. The van der Waals surface area contributed by atoms with Crippen LogP contribution in [0.15, 0.2) is 52.4 Å². The molecule has 5 rings (SSSR count). The Hall–Kier alpha value is -3.99. The Labute approximate surface area is 205 Å². The van der Waals surface area contributed by atoms with Gasteiger partial charge in [0.2, 0.25) is 5.88 Å². The normalized spacial score (nSPS) is 13.8. The van der Waals surface area contributed by atoms with Gasteiger partial charge in [0.25, 0.3) is 5.56 Å². The van der Waals surface area contributed by atoms with Crippen LogP contribution < -0.4 is 20.1 Å². The highest BCUT2D eigenvalue weighted by Crippen LogP contribution is 2.27. The van der Waals surface area contributed by atoms with Crippen LogP contribution in [0.5, 0.6) is 5.88 Å². The molecule has 0 N–H and O–H groups in total. The maximum Gasteiger partial charge on any atom is 0.269 e. The fourth-order valence-electron chi connectivity index (χ4n) is 4.08. The largest absolute Gasteiger partial charge is 0.479 e. The Morgan fingerprint density at radius 2 is 1.89 bits per heavy atom. The van der Waals surface area contributed by atoms with Crippen molar-refractivity contribution in [2.75, 3.05) is 43.1 Å². The average Bonchev–Trinajstić information content (AvgIpc) is 3.25. The molecule has 5 heterocycles. The van der Waals surface area contributed by atoms with Crippen LogP contribution in [0.4, 0.5) is 11.4 Å². The first-order valence-corrected chi connectivity index (χ1v) is 11.4. The van der Waals surface area contributed by atoms with Gasteiger partial charge in [0, 0.05) is 49.6 Å². The summed E-state index contributed by atoms with van der Waals surface area (Å²) in [7, 11) is 1.60. The Morgan fingerprint density at radius 1 is 1.09 bits per heavy atom. The summed E-state index contributed by atoms with van der Waals surface area (Å²) in [6.45, 7) is 4.97. The highest BCUT2D eigenvalue weighted by atomic mass is 35.5. The molecule has 4 aromatic rings. The van der Waals surface area contributed by atoms with Crippen molar-refractivity contribution < 1.29 is 9.26 Å². The van der Waals surface area contributed by atoms with Crippen molar-refractivity contribution in [3.63, 3.8) is 0 Å². The quantitative estimate of drug-likeness (QED) is 0.370. The van der Waals surface area contributed by atoms with Crippen LogP contribution in [0.25, 0.3) is 11.3 Å². The second kappa shape index (κ2) is 9.71. The number of anilines is 2. The smallest absolute Gasteiger partial charge is 0.269 e. The van der Waals surface area contributed by atoms with E-state index in [1.807, 2.05) is 6.07 Å². The van der Waals surface area contributed by atoms with Gasteiger partial charge in [0.05, 0.1) is 31.7 Å². The number of aryl methyl sites for hydroxylation is 1. The Morgan fingerprint density at radius 3 is 2.60 bits per heavy atom. The molecule has 180 valence electrons. The van der Waals surface area contributed by atoms with Crippen LogP contribution in [-0.2, 0) is 6.54 Å². The van der Waals surface area contributed by atoms with E-state index in [4.69, 9.17) is 20.9 Å². The summed E-state index contributed by atoms with van der Waals surface area (Å²) >= 11 is 5.90. The lowest BCUT2D eigenvalue weighted by Gasteiger charge is -2.37. The molecule has 12 heteroatoms. The second-order valence-corrected chi connectivity index (χ2v) is 8.42. The van der Waals surface area contributed by atoms with E-state index < -0.39 is 0 Å². The van der Waals surface area contributed by atoms with E-state index in [9.17, 15) is 4.79 Å². The van der Waals surface area contributed by atoms with Crippen LogP contribution in [0.1, 0.15) is 11.3 Å². The molecule has 1 aliphatic rings. The zero-order valence-corrected chi connectivity index (χ0v) is 20.0. The van der Waals surface area contributed by atoms with Gasteiger partial charge in [-0.1, -0.05) is 16.8 Å². The lowest BCUT2D eigenvalue weighted by molar-refractivity contribution is 0.395. The molecule has 0 aliphatic carbocycles. The van der Waals surface area contributed by atoms with Crippen molar-refractivity contribution in [2.45, 2.75) is 13.5 Å². The van der Waals surface area contributed by atoms with Crippen LogP contribution in [0.3, 0.4) is 0 Å². The van der Waals surface area contributed by atoms with Gasteiger partial charge in [0.15, 0.2) is 0 Å². The minimum atomic E-state index is -0.205. The minimum absolute atomic E-state index is 0.205. The fraction of sp³-hybridized carbons (Fsp3) is 0.304. The number of pyridine rings is 1. The minimum Gasteiger partial charge on any atom is -0.479 e. The predicted molar refractivity (Wildman–Crippen MR) is 130 cm³/mol. The zero-order chi connectivity index (χ0) is 24.4. The van der Waals surface area contributed by atoms with E-state index in [-0.39, 0.29) is 12.1 Å². The second-order valence-electron chi connectivity index (χ2n) is 8.04. The lowest BCUT2D eigenvalue weighted by atomic mass is 10.1. The van der Waals surface area contributed by atoms with Crippen molar-refractivity contribution in [1.29, 1.82) is 0 Å². The van der Waals surface area contributed by atoms with Gasteiger partial charge >= 0.3 is 0 Å². The first kappa shape index (κ1) is 22.8. The summed E-state index contributed by atoms with van der Waals surface area (Å²) in [6, 6.07) is 5.11. The number of methoxy groups -OCH3 is 1. The topological polar surface area (TPSA) is 115 Å². The standard InChI is InChI=1S/C23H23ClN8O3/c1-15-18(22(29-35-15)16-3-4-20(24)26-10-16)13-32-21(33)9-17(11-28-32)30-5-7-31(8-6-30)19-12-25-14-27-23(19)34-2/h3-4,9-12,14H,5-8,13H2,1-2H3. The third kappa shape index (κ3) is 4.67. The molecule has 0 bridgehead atoms. The number of ether oxygens (including phenoxy) is 1. The summed E-state index contributed by atoms with van der Waals surface area (Å²) in [4.78, 5) is 29.6. The lowest BCUT2D eigenvalue weighted by Crippen LogP contribution is -2.47. The third-order valence-corrected chi connectivity index (χ3v) is 6.21. The number of hydrogen-bond donors (Lipinski definition) is 0. The van der Waals surface area contributed by atoms with Gasteiger partial charge in [-0.05, 0) is 19.1 Å². The van der Waals surface area contributed by atoms with Crippen molar-refractivity contribution in [3.05, 3.63) is 69.9 Å². The molecule has 1 aliphatic heterocycles. The molecule has 1 saturated heterocycles. The molecule has 0 unspecified atom stereocenters. The van der Waals surface area contributed by atoms with Gasteiger partial charge in [0.1, 0.15) is 28.6 Å². The Kier molecular flexibility index (Phi) is 6.32. The van der Waals surface area contributed by atoms with E-state index in [2.05, 4.69) is 35.0 Å². The summed E-state index contributed by atoms with van der Waals surface area (Å²) in [5, 5.41) is 8.96. The number of rotatable bonds is 6. The van der Waals surface area contributed by atoms with Crippen molar-refractivity contribution in [1.82, 2.24) is 29.9 Å². The van der Waals surface area contributed by atoms with Crippen LogP contribution >= 0.6 is 11.6 Å². The molecular formula is C23H23ClN8O3. The molecule has 0 spiro atoms. The predicted octanol–water partition coefficient (Wildman–Crippen LogP) is 2.43. The average molecular weight is 495 g/mol. The maximum atomic E-state index is 12.9. The molecule has 11 nitrogen and oxygen atoms in total. The van der Waals surface area contributed by atoms with Gasteiger partial charge in [-0.25, -0.2) is 19.6 Å². The molecule has 0 aromatic carbocycles. The van der Waals surface area contributed by atoms with Crippen LogP contribution in [0.2, 0.25) is 5.15 Å². The number of halogens is 1. The van der Waals surface area contributed by atoms with E-state index >= 15 is 0 Å². The molecule has 35 heavy (non-hydrogen) atoms. The molecule has 0 saturated carbocycles. The van der Waals surface area contributed by atoms with E-state index in [0.717, 1.165) is 48.7 Å². The first-order valence-electron chi connectivity index (χ1n) is 11.0. The molecule has 0 amide bonds.